The highest BCUT2D eigenvalue weighted by atomic mass is 16.7. The third kappa shape index (κ3) is 8.95. The van der Waals surface area contributed by atoms with Gasteiger partial charge in [-0.25, -0.2) is 9.59 Å². The van der Waals surface area contributed by atoms with E-state index in [1.54, 1.807) is 0 Å². The molecular weight excluding hydrogens is 768 g/mol. The van der Waals surface area contributed by atoms with E-state index in [0.29, 0.717) is 31.6 Å². The third-order valence-corrected chi connectivity index (χ3v) is 15.2. The lowest BCUT2D eigenvalue weighted by Gasteiger charge is -2.62. The first kappa shape index (κ1) is 45.5. The molecule has 2 saturated heterocycles. The van der Waals surface area contributed by atoms with Crippen molar-refractivity contribution in [3.63, 3.8) is 0 Å². The lowest BCUT2D eigenvalue weighted by molar-refractivity contribution is -0.301. The van der Waals surface area contributed by atoms with Crippen LogP contribution >= 0.6 is 0 Å². The van der Waals surface area contributed by atoms with Crippen LogP contribution in [-0.4, -0.2) is 164 Å². The van der Waals surface area contributed by atoms with E-state index in [1.807, 2.05) is 0 Å². The standard InChI is InChI=1S/C40H64O18/c1-18(4-7-27(43)44)21-5-6-22-30-23(9-11-40(21,22)3)39(2)10-8-20(55-28(45)16-53-37-35(51)33(49)31(47)25(14-41)57-37)12-19(39)13-24(30)56-29(46)17-54-38-36(52)34(50)32(48)26(15-42)58-38/h18-26,30-38,41-42,47-52H,4-17H2,1-3H3,(H,43,44)/t18-,19-,20+,21+,22-,23-,24-,25+,26+,30-,31+,32+,33-,34-,35+,36+,37?,38?,39-,40+/m0/s1. The Morgan fingerprint density at radius 3 is 1.78 bits per heavy atom. The summed E-state index contributed by atoms with van der Waals surface area (Å²) in [5.74, 6) is -1.45. The first-order valence-corrected chi connectivity index (χ1v) is 20.9. The van der Waals surface area contributed by atoms with Crippen molar-refractivity contribution in [2.24, 2.45) is 46.3 Å². The fourth-order valence-corrected chi connectivity index (χ4v) is 12.0. The molecular formula is C40H64O18. The molecule has 18 nitrogen and oxygen atoms in total. The van der Waals surface area contributed by atoms with Crippen LogP contribution < -0.4 is 0 Å². The van der Waals surface area contributed by atoms with Crippen LogP contribution in [0.1, 0.15) is 85.0 Å². The molecule has 6 fully saturated rings. The van der Waals surface area contributed by atoms with Gasteiger partial charge >= 0.3 is 17.9 Å². The molecule has 0 aromatic heterocycles. The number of aliphatic carboxylic acids is 1. The van der Waals surface area contributed by atoms with E-state index in [0.717, 1.165) is 32.1 Å². The Morgan fingerprint density at radius 1 is 0.690 bits per heavy atom. The number of ether oxygens (including phenoxy) is 6. The van der Waals surface area contributed by atoms with Gasteiger partial charge in [-0.15, -0.1) is 0 Å². The fourth-order valence-electron chi connectivity index (χ4n) is 12.0. The van der Waals surface area contributed by atoms with Gasteiger partial charge in [0.15, 0.2) is 12.6 Å². The number of aliphatic hydroxyl groups is 8. The number of carbonyl (C=O) groups excluding carboxylic acids is 2. The molecule has 0 amide bonds. The van der Waals surface area contributed by atoms with Gasteiger partial charge in [-0.3, -0.25) is 4.79 Å². The van der Waals surface area contributed by atoms with Crippen molar-refractivity contribution in [3.8, 4) is 0 Å². The van der Waals surface area contributed by atoms with Gasteiger partial charge in [-0.05, 0) is 98.2 Å². The molecule has 2 heterocycles. The lowest BCUT2D eigenvalue weighted by Crippen LogP contribution is -2.60. The highest BCUT2D eigenvalue weighted by molar-refractivity contribution is 5.71. The predicted molar refractivity (Wildman–Crippen MR) is 196 cm³/mol. The van der Waals surface area contributed by atoms with Gasteiger partial charge in [0.05, 0.1) is 13.2 Å². The number of hydrogen-bond donors (Lipinski definition) is 9. The Kier molecular flexibility index (Phi) is 14.5. The Labute approximate surface area is 337 Å². The average molecular weight is 833 g/mol. The molecule has 0 bridgehead atoms. The van der Waals surface area contributed by atoms with Crippen LogP contribution in [0, 0.1) is 46.3 Å². The number of fused-ring (bicyclic) bond motifs is 5. The number of aliphatic hydroxyl groups excluding tert-OH is 8. The minimum Gasteiger partial charge on any atom is -0.481 e. The highest BCUT2D eigenvalue weighted by Crippen LogP contribution is 2.69. The molecule has 4 aliphatic carbocycles. The molecule has 0 aromatic rings. The first-order valence-electron chi connectivity index (χ1n) is 20.9. The molecule has 9 N–H and O–H groups in total. The van der Waals surface area contributed by atoms with Crippen LogP contribution in [0.2, 0.25) is 0 Å². The number of hydrogen-bond acceptors (Lipinski definition) is 17. The van der Waals surface area contributed by atoms with E-state index >= 15 is 0 Å². The number of carbonyl (C=O) groups is 3. The average Bonchev–Trinajstić information content (AvgIpc) is 3.55. The second-order valence-corrected chi connectivity index (χ2v) is 18.3. The summed E-state index contributed by atoms with van der Waals surface area (Å²) in [6, 6.07) is 0. The summed E-state index contributed by atoms with van der Waals surface area (Å²) < 4.78 is 33.9. The number of carboxylic acids is 1. The molecule has 0 radical (unpaired) electrons. The number of rotatable bonds is 14. The van der Waals surface area contributed by atoms with E-state index in [1.165, 1.54) is 0 Å². The molecule has 2 aliphatic heterocycles. The molecule has 20 atom stereocenters. The largest absolute Gasteiger partial charge is 0.481 e. The minimum absolute atomic E-state index is 0.0149. The second-order valence-electron chi connectivity index (χ2n) is 18.3. The molecule has 6 rings (SSSR count). The van der Waals surface area contributed by atoms with E-state index in [2.05, 4.69) is 20.8 Å². The van der Waals surface area contributed by atoms with Gasteiger partial charge < -0.3 is 74.4 Å². The molecule has 18 heteroatoms. The number of esters is 2. The summed E-state index contributed by atoms with van der Waals surface area (Å²) in [6.45, 7) is 4.17. The predicted octanol–water partition coefficient (Wildman–Crippen LogP) is -0.787. The normalized spacial score (nSPS) is 46.9. The maximum Gasteiger partial charge on any atom is 0.332 e. The monoisotopic (exact) mass is 832 g/mol. The molecule has 332 valence electrons. The zero-order valence-electron chi connectivity index (χ0n) is 33.5. The topological polar surface area (TPSA) is 289 Å². The van der Waals surface area contributed by atoms with Crippen molar-refractivity contribution >= 4 is 17.9 Å². The SMILES string of the molecule is C[C@@H](CCC(=O)O)[C@H]1CC[C@H]2[C@@H]3[C@@H](OC(=O)COC4O[C@H](CO)[C@@H](O)[C@H](O)[C@H]4O)C[C@@H]4C[C@H](OC(=O)COC5O[C@H](CO)[C@@H](O)[C@H](O)[C@H]5O)CC[C@]4(C)[C@H]3CC[C@]12C. The molecule has 6 aliphatic rings. The molecule has 0 aromatic carbocycles. The van der Waals surface area contributed by atoms with Crippen molar-refractivity contribution in [2.45, 2.75) is 159 Å². The van der Waals surface area contributed by atoms with E-state index in [-0.39, 0.29) is 46.8 Å². The minimum atomic E-state index is -1.69. The van der Waals surface area contributed by atoms with Crippen molar-refractivity contribution < 1.29 is 88.8 Å². The Balaban J connectivity index is 1.15. The van der Waals surface area contributed by atoms with E-state index < -0.39 is 118 Å². The van der Waals surface area contributed by atoms with Crippen LogP contribution in [0.5, 0.6) is 0 Å². The van der Waals surface area contributed by atoms with Crippen LogP contribution in [0.3, 0.4) is 0 Å². The molecule has 4 saturated carbocycles. The maximum atomic E-state index is 13.6. The fraction of sp³-hybridized carbons (Fsp3) is 0.925. The molecule has 58 heavy (non-hydrogen) atoms. The zero-order chi connectivity index (χ0) is 42.3. The molecule has 0 spiro atoms. The quantitative estimate of drug-likeness (QED) is 0.0970. The Morgan fingerprint density at radius 2 is 1.22 bits per heavy atom. The van der Waals surface area contributed by atoms with Crippen molar-refractivity contribution in [1.82, 2.24) is 0 Å². The van der Waals surface area contributed by atoms with E-state index in [9.17, 15) is 60.3 Å². The van der Waals surface area contributed by atoms with Gasteiger partial charge in [-0.1, -0.05) is 20.8 Å². The van der Waals surface area contributed by atoms with Crippen LogP contribution in [0.4, 0.5) is 0 Å². The Hall–Kier alpha value is -2.07. The zero-order valence-corrected chi connectivity index (χ0v) is 33.5. The van der Waals surface area contributed by atoms with Gasteiger partial charge in [0.25, 0.3) is 0 Å². The van der Waals surface area contributed by atoms with Crippen LogP contribution in [0.15, 0.2) is 0 Å². The number of carboxylic acid groups (broad SMARTS) is 1. The summed E-state index contributed by atoms with van der Waals surface area (Å²) in [6.07, 6.45) is -9.66. The van der Waals surface area contributed by atoms with Crippen LogP contribution in [-0.2, 0) is 42.8 Å². The molecule has 2 unspecified atom stereocenters. The van der Waals surface area contributed by atoms with Crippen LogP contribution in [0.25, 0.3) is 0 Å². The first-order chi connectivity index (χ1) is 27.4. The summed E-state index contributed by atoms with van der Waals surface area (Å²) in [7, 11) is 0. The summed E-state index contributed by atoms with van der Waals surface area (Å²) in [5.41, 5.74) is -0.280. The summed E-state index contributed by atoms with van der Waals surface area (Å²) in [4.78, 5) is 38.1. The summed E-state index contributed by atoms with van der Waals surface area (Å²) in [5, 5.41) is 89.7. The van der Waals surface area contributed by atoms with Crippen molar-refractivity contribution in [2.75, 3.05) is 26.4 Å². The highest BCUT2D eigenvalue weighted by Gasteiger charge is 2.64. The van der Waals surface area contributed by atoms with Crippen molar-refractivity contribution in [1.29, 1.82) is 0 Å². The second kappa shape index (κ2) is 18.5. The maximum absolute atomic E-state index is 13.6. The summed E-state index contributed by atoms with van der Waals surface area (Å²) >= 11 is 0. The third-order valence-electron chi connectivity index (χ3n) is 15.2. The van der Waals surface area contributed by atoms with E-state index in [4.69, 9.17) is 28.4 Å². The lowest BCUT2D eigenvalue weighted by atomic mass is 9.43. The van der Waals surface area contributed by atoms with Gasteiger partial charge in [-0.2, -0.15) is 0 Å². The van der Waals surface area contributed by atoms with Crippen molar-refractivity contribution in [3.05, 3.63) is 0 Å². The van der Waals surface area contributed by atoms with Gasteiger partial charge in [0, 0.05) is 12.3 Å². The van der Waals surface area contributed by atoms with Gasteiger partial charge in [0.1, 0.15) is 74.3 Å². The smallest absolute Gasteiger partial charge is 0.332 e. The Bertz CT molecular complexity index is 1430. The van der Waals surface area contributed by atoms with Gasteiger partial charge in [0.2, 0.25) is 0 Å².